The van der Waals surface area contributed by atoms with Gasteiger partial charge >= 0.3 is 0 Å². The molecule has 0 atom stereocenters. The molecule has 7 rings (SSSR count). The summed E-state index contributed by atoms with van der Waals surface area (Å²) in [4.78, 5) is 4.64. The van der Waals surface area contributed by atoms with Crippen molar-refractivity contribution in [2.24, 2.45) is 0 Å². The van der Waals surface area contributed by atoms with Crippen molar-refractivity contribution in [2.45, 2.75) is 0 Å². The first kappa shape index (κ1) is 16.7. The van der Waals surface area contributed by atoms with Crippen molar-refractivity contribution in [2.75, 3.05) is 0 Å². The van der Waals surface area contributed by atoms with E-state index in [0.717, 1.165) is 50.5 Å². The zero-order valence-electron chi connectivity index (χ0n) is 16.6. The second-order valence-electron chi connectivity index (χ2n) is 8.02. The predicted molar refractivity (Wildman–Crippen MR) is 125 cm³/mol. The average molecular weight is 397 g/mol. The molecule has 0 fully saturated rings. The summed E-state index contributed by atoms with van der Waals surface area (Å²) in [6.45, 7) is 0.101. The molecule has 0 bridgehead atoms. The summed E-state index contributed by atoms with van der Waals surface area (Å²) in [5, 5.41) is 1.11. The maximum atomic E-state index is 6.39. The number of nitrogens with zero attached hydrogens (tertiary/aromatic N) is 1. The van der Waals surface area contributed by atoms with Crippen LogP contribution in [0.4, 0.5) is 0 Å². The first-order valence-electron chi connectivity index (χ1n) is 10.4. The number of hydrogen-bond donors (Lipinski definition) is 0. The lowest BCUT2D eigenvalue weighted by Gasteiger charge is -2.33. The molecule has 0 unspecified atom stereocenters. The fraction of sp³-hybridized carbons (Fsp3) is 0. The molecule has 2 aliphatic heterocycles. The van der Waals surface area contributed by atoms with E-state index in [9.17, 15) is 0 Å². The van der Waals surface area contributed by atoms with Gasteiger partial charge in [0.05, 0.1) is 5.52 Å². The van der Waals surface area contributed by atoms with Crippen LogP contribution < -0.4 is 25.9 Å². The minimum absolute atomic E-state index is 0.101. The highest BCUT2D eigenvalue weighted by molar-refractivity contribution is 6.98. The zero-order valence-corrected chi connectivity index (χ0v) is 16.6. The number of fused-ring (bicyclic) bond motifs is 5. The number of rotatable bonds is 1. The largest absolute Gasteiger partial charge is 0.458 e. The number of hydrogen-bond acceptors (Lipinski definition) is 3. The third kappa shape index (κ3) is 2.45. The third-order valence-electron chi connectivity index (χ3n) is 6.22. The Morgan fingerprint density at radius 2 is 1.19 bits per heavy atom. The molecule has 144 valence electrons. The van der Waals surface area contributed by atoms with E-state index in [1.807, 2.05) is 48.7 Å². The van der Waals surface area contributed by atoms with Gasteiger partial charge in [0.1, 0.15) is 23.0 Å². The summed E-state index contributed by atoms with van der Waals surface area (Å²) in [5.74, 6) is 3.49. The molecule has 0 aliphatic carbocycles. The number of benzene rings is 4. The van der Waals surface area contributed by atoms with Gasteiger partial charge in [-0.2, -0.15) is 0 Å². The topological polar surface area (TPSA) is 31.4 Å². The number of para-hydroxylation sites is 3. The Labute approximate surface area is 180 Å². The van der Waals surface area contributed by atoms with Crippen molar-refractivity contribution in [3.8, 4) is 34.1 Å². The van der Waals surface area contributed by atoms with Crippen LogP contribution in [0.25, 0.3) is 22.0 Å². The van der Waals surface area contributed by atoms with Crippen molar-refractivity contribution in [3.63, 3.8) is 0 Å². The molecule has 0 saturated heterocycles. The molecule has 1 aromatic heterocycles. The molecule has 0 amide bonds. The van der Waals surface area contributed by atoms with E-state index in [4.69, 9.17) is 9.47 Å². The molecule has 0 saturated carbocycles. The molecule has 3 heterocycles. The van der Waals surface area contributed by atoms with Crippen molar-refractivity contribution in [1.29, 1.82) is 0 Å². The first-order chi connectivity index (χ1) is 15.3. The van der Waals surface area contributed by atoms with Crippen LogP contribution in [0.15, 0.2) is 97.2 Å². The highest BCUT2D eigenvalue weighted by Crippen LogP contribution is 2.38. The Morgan fingerprint density at radius 3 is 1.90 bits per heavy atom. The molecule has 2 aliphatic rings. The Hall–Kier alpha value is -4.05. The Kier molecular flexibility index (Phi) is 3.36. The quantitative estimate of drug-likeness (QED) is 0.379. The lowest BCUT2D eigenvalue weighted by atomic mass is 9.35. The van der Waals surface area contributed by atoms with Crippen LogP contribution in [0.2, 0.25) is 0 Å². The van der Waals surface area contributed by atoms with Gasteiger partial charge in [-0.15, -0.1) is 0 Å². The van der Waals surface area contributed by atoms with Gasteiger partial charge in [-0.1, -0.05) is 54.6 Å². The highest BCUT2D eigenvalue weighted by Gasteiger charge is 2.40. The van der Waals surface area contributed by atoms with Crippen LogP contribution in [-0.4, -0.2) is 11.7 Å². The summed E-state index contributed by atoms with van der Waals surface area (Å²) < 4.78 is 12.8. The molecule has 0 spiro atoms. The Balaban J connectivity index is 1.47. The summed E-state index contributed by atoms with van der Waals surface area (Å²) in [5.41, 5.74) is 6.50. The summed E-state index contributed by atoms with van der Waals surface area (Å²) >= 11 is 0. The van der Waals surface area contributed by atoms with E-state index in [1.54, 1.807) is 0 Å². The fourth-order valence-electron chi connectivity index (χ4n) is 4.79. The van der Waals surface area contributed by atoms with Crippen LogP contribution in [0.1, 0.15) is 0 Å². The Bertz CT molecular complexity index is 1440. The second kappa shape index (κ2) is 6.23. The molecule has 4 aromatic carbocycles. The third-order valence-corrected chi connectivity index (χ3v) is 6.22. The highest BCUT2D eigenvalue weighted by atomic mass is 16.5. The predicted octanol–water partition coefficient (Wildman–Crippen LogP) is 4.63. The molecular weight excluding hydrogens is 381 g/mol. The maximum absolute atomic E-state index is 6.39. The van der Waals surface area contributed by atoms with Gasteiger partial charge < -0.3 is 9.47 Å². The molecule has 0 radical (unpaired) electrons. The maximum Gasteiger partial charge on any atom is 0.260 e. The van der Waals surface area contributed by atoms with E-state index in [-0.39, 0.29) is 6.71 Å². The van der Waals surface area contributed by atoms with Crippen LogP contribution >= 0.6 is 0 Å². The molecule has 3 nitrogen and oxygen atoms in total. The molecule has 4 heteroatoms. The van der Waals surface area contributed by atoms with Crippen LogP contribution in [-0.2, 0) is 0 Å². The summed E-state index contributed by atoms with van der Waals surface area (Å²) in [6, 6.07) is 31.1. The first-order valence-corrected chi connectivity index (χ1v) is 10.4. The lowest BCUT2D eigenvalue weighted by molar-refractivity contribution is 0.465. The molecule has 5 aromatic rings. The van der Waals surface area contributed by atoms with Crippen molar-refractivity contribution in [3.05, 3.63) is 97.2 Å². The van der Waals surface area contributed by atoms with Crippen molar-refractivity contribution in [1.82, 2.24) is 4.98 Å². The smallest absolute Gasteiger partial charge is 0.260 e. The van der Waals surface area contributed by atoms with E-state index in [1.165, 1.54) is 10.9 Å². The van der Waals surface area contributed by atoms with Gasteiger partial charge in [-0.25, -0.2) is 0 Å². The molecule has 31 heavy (non-hydrogen) atoms. The van der Waals surface area contributed by atoms with Gasteiger partial charge in [0, 0.05) is 22.6 Å². The monoisotopic (exact) mass is 397 g/mol. The van der Waals surface area contributed by atoms with E-state index in [0.29, 0.717) is 0 Å². The summed E-state index contributed by atoms with van der Waals surface area (Å²) in [6.07, 6.45) is 1.92. The van der Waals surface area contributed by atoms with E-state index >= 15 is 0 Å². The zero-order chi connectivity index (χ0) is 20.4. The Morgan fingerprint density at radius 1 is 0.581 bits per heavy atom. The summed E-state index contributed by atoms with van der Waals surface area (Å²) in [7, 11) is 0. The van der Waals surface area contributed by atoms with Gasteiger partial charge in [0.25, 0.3) is 6.71 Å². The van der Waals surface area contributed by atoms with Gasteiger partial charge in [0.15, 0.2) is 0 Å². The van der Waals surface area contributed by atoms with Crippen molar-refractivity contribution >= 4 is 34.0 Å². The van der Waals surface area contributed by atoms with Crippen LogP contribution in [0.5, 0.6) is 23.0 Å². The number of pyridine rings is 1. The molecule has 0 N–H and O–H groups in total. The lowest BCUT2D eigenvalue weighted by Crippen LogP contribution is -2.57. The number of aromatic nitrogens is 1. The van der Waals surface area contributed by atoms with E-state index < -0.39 is 0 Å². The normalized spacial score (nSPS) is 13.0. The number of ether oxygens (including phenoxy) is 2. The van der Waals surface area contributed by atoms with Crippen molar-refractivity contribution < 1.29 is 9.47 Å². The van der Waals surface area contributed by atoms with Gasteiger partial charge in [0.2, 0.25) is 0 Å². The SMILES string of the molecule is c1ccc2c(c1)Oc1cc(-c3cnc4ccccc4c3)cc3c1B2c1ccccc1O3. The minimum atomic E-state index is 0.101. The van der Waals surface area contributed by atoms with E-state index in [2.05, 4.69) is 53.5 Å². The minimum Gasteiger partial charge on any atom is -0.458 e. The van der Waals surface area contributed by atoms with Gasteiger partial charge in [-0.05, 0) is 52.9 Å². The standard InChI is InChI=1S/C27H16BNO2/c1-4-10-22-17(7-1)13-19(16-29-22)18-14-25-27-26(15-18)31-24-12-6-3-9-21(24)28(27)20-8-2-5-11-23(20)30-25/h1-16H. The van der Waals surface area contributed by atoms with Crippen LogP contribution in [0.3, 0.4) is 0 Å². The van der Waals surface area contributed by atoms with Crippen LogP contribution in [0, 0.1) is 0 Å². The van der Waals surface area contributed by atoms with Gasteiger partial charge in [-0.3, -0.25) is 4.98 Å². The average Bonchev–Trinajstić information content (AvgIpc) is 2.83. The second-order valence-corrected chi connectivity index (χ2v) is 8.02. The molecular formula is C27H16BNO2. The fourth-order valence-corrected chi connectivity index (χ4v) is 4.79.